The van der Waals surface area contributed by atoms with Crippen LogP contribution in [0.3, 0.4) is 0 Å². The minimum atomic E-state index is 0.211. The van der Waals surface area contributed by atoms with Crippen molar-refractivity contribution in [2.45, 2.75) is 19.4 Å². The minimum absolute atomic E-state index is 0.211. The van der Waals surface area contributed by atoms with Crippen molar-refractivity contribution in [3.8, 4) is 0 Å². The van der Waals surface area contributed by atoms with Crippen LogP contribution in [0.1, 0.15) is 24.1 Å². The zero-order chi connectivity index (χ0) is 11.8. The summed E-state index contributed by atoms with van der Waals surface area (Å²) in [5.74, 6) is 0.536. The van der Waals surface area contributed by atoms with Crippen molar-refractivity contribution in [2.24, 2.45) is 5.92 Å². The van der Waals surface area contributed by atoms with Crippen LogP contribution in [0.2, 0.25) is 0 Å². The molecule has 0 aromatic heterocycles. The summed E-state index contributed by atoms with van der Waals surface area (Å²) in [5, 5.41) is 3.17. The summed E-state index contributed by atoms with van der Waals surface area (Å²) >= 11 is 0. The summed E-state index contributed by atoms with van der Waals surface area (Å²) in [6.07, 6.45) is 0.992. The molecule has 1 fully saturated rings. The van der Waals surface area contributed by atoms with Gasteiger partial charge in [0.1, 0.15) is 0 Å². The summed E-state index contributed by atoms with van der Waals surface area (Å²) in [7, 11) is 0. The molecule has 3 heteroatoms. The number of benzene rings is 1. The predicted molar refractivity (Wildman–Crippen MR) is 66.6 cm³/mol. The Labute approximate surface area is 102 Å². The van der Waals surface area contributed by atoms with Gasteiger partial charge in [0.25, 0.3) is 0 Å². The first-order valence-corrected chi connectivity index (χ1v) is 6.36. The average molecular weight is 230 g/mol. The van der Waals surface area contributed by atoms with Crippen molar-refractivity contribution >= 4 is 5.91 Å². The average Bonchev–Trinajstić information content (AvgIpc) is 2.27. The summed E-state index contributed by atoms with van der Waals surface area (Å²) in [4.78, 5) is 14.3. The molecule has 1 N–H and O–H groups in total. The van der Waals surface area contributed by atoms with Crippen molar-refractivity contribution in [2.75, 3.05) is 19.6 Å². The van der Waals surface area contributed by atoms with Crippen LogP contribution in [0.15, 0.2) is 24.3 Å². The second-order valence-electron chi connectivity index (χ2n) is 5.01. The van der Waals surface area contributed by atoms with Crippen LogP contribution in [-0.4, -0.2) is 30.4 Å². The number of hydrogen-bond donors (Lipinski definition) is 1. The van der Waals surface area contributed by atoms with Gasteiger partial charge in [0, 0.05) is 19.6 Å². The molecule has 17 heavy (non-hydrogen) atoms. The molecule has 1 aromatic rings. The van der Waals surface area contributed by atoms with E-state index in [1.807, 2.05) is 4.90 Å². The fourth-order valence-electron chi connectivity index (χ4n) is 2.77. The van der Waals surface area contributed by atoms with Crippen molar-refractivity contribution < 1.29 is 4.79 Å². The van der Waals surface area contributed by atoms with Crippen LogP contribution < -0.4 is 5.32 Å². The highest BCUT2D eigenvalue weighted by molar-refractivity contribution is 5.81. The van der Waals surface area contributed by atoms with Gasteiger partial charge in [-0.15, -0.1) is 0 Å². The highest BCUT2D eigenvalue weighted by atomic mass is 16.2. The van der Waals surface area contributed by atoms with E-state index in [1.54, 1.807) is 0 Å². The monoisotopic (exact) mass is 230 g/mol. The second kappa shape index (κ2) is 4.15. The van der Waals surface area contributed by atoms with E-state index in [0.717, 1.165) is 26.1 Å². The van der Waals surface area contributed by atoms with Gasteiger partial charge in [-0.25, -0.2) is 0 Å². The van der Waals surface area contributed by atoms with Gasteiger partial charge in [0.2, 0.25) is 5.91 Å². The molecule has 0 spiro atoms. The van der Waals surface area contributed by atoms with Gasteiger partial charge < -0.3 is 10.2 Å². The molecular formula is C14H18N2O. The molecule has 2 aliphatic heterocycles. The molecule has 3 nitrogen and oxygen atoms in total. The second-order valence-corrected chi connectivity index (χ2v) is 5.01. The fraction of sp³-hybridized carbons (Fsp3) is 0.500. The number of carbonyl (C=O) groups is 1. The lowest BCUT2D eigenvalue weighted by Gasteiger charge is -2.39. The van der Waals surface area contributed by atoms with Crippen LogP contribution in [0.25, 0.3) is 0 Å². The van der Waals surface area contributed by atoms with E-state index in [0.29, 0.717) is 5.91 Å². The number of amides is 1. The van der Waals surface area contributed by atoms with Gasteiger partial charge in [0.05, 0.1) is 12.0 Å². The Morgan fingerprint density at radius 1 is 1.35 bits per heavy atom. The number of nitrogens with one attached hydrogen (secondary N) is 1. The Morgan fingerprint density at radius 3 is 2.82 bits per heavy atom. The molecule has 1 unspecified atom stereocenters. The normalized spacial score (nSPS) is 24.1. The van der Waals surface area contributed by atoms with E-state index in [2.05, 4.69) is 36.5 Å². The SMILES string of the molecule is CC1c2ccccc2CCN1C(=O)C1CNC1. The Bertz CT molecular complexity index is 440. The third-order valence-electron chi connectivity index (χ3n) is 4.01. The lowest BCUT2D eigenvalue weighted by atomic mass is 9.91. The van der Waals surface area contributed by atoms with Gasteiger partial charge in [-0.1, -0.05) is 24.3 Å². The molecule has 1 aromatic carbocycles. The van der Waals surface area contributed by atoms with Gasteiger partial charge >= 0.3 is 0 Å². The molecule has 90 valence electrons. The van der Waals surface area contributed by atoms with Crippen molar-refractivity contribution in [1.29, 1.82) is 0 Å². The maximum Gasteiger partial charge on any atom is 0.228 e. The minimum Gasteiger partial charge on any atom is -0.335 e. The molecule has 3 rings (SSSR count). The molecule has 1 atom stereocenters. The molecule has 2 aliphatic rings. The van der Waals surface area contributed by atoms with Gasteiger partial charge in [-0.2, -0.15) is 0 Å². The van der Waals surface area contributed by atoms with E-state index in [9.17, 15) is 4.79 Å². The topological polar surface area (TPSA) is 32.3 Å². The molecular weight excluding hydrogens is 212 g/mol. The molecule has 1 saturated heterocycles. The molecule has 0 aliphatic carbocycles. The van der Waals surface area contributed by atoms with Gasteiger partial charge in [0.15, 0.2) is 0 Å². The molecule has 0 saturated carbocycles. The highest BCUT2D eigenvalue weighted by Crippen LogP contribution is 2.30. The zero-order valence-electron chi connectivity index (χ0n) is 10.1. The van der Waals surface area contributed by atoms with E-state index < -0.39 is 0 Å². The van der Waals surface area contributed by atoms with Gasteiger partial charge in [-0.3, -0.25) is 4.79 Å². The van der Waals surface area contributed by atoms with Crippen molar-refractivity contribution in [3.05, 3.63) is 35.4 Å². The quantitative estimate of drug-likeness (QED) is 0.790. The lowest BCUT2D eigenvalue weighted by Crippen LogP contribution is -2.53. The number of nitrogens with zero attached hydrogens (tertiary/aromatic N) is 1. The number of hydrogen-bond acceptors (Lipinski definition) is 2. The van der Waals surface area contributed by atoms with E-state index in [1.165, 1.54) is 11.1 Å². The summed E-state index contributed by atoms with van der Waals surface area (Å²) < 4.78 is 0. The fourth-order valence-corrected chi connectivity index (χ4v) is 2.77. The Morgan fingerprint density at radius 2 is 2.12 bits per heavy atom. The molecule has 0 bridgehead atoms. The lowest BCUT2D eigenvalue weighted by molar-refractivity contribution is -0.139. The van der Waals surface area contributed by atoms with E-state index in [-0.39, 0.29) is 12.0 Å². The Hall–Kier alpha value is -1.35. The first-order chi connectivity index (χ1) is 8.27. The number of carbonyl (C=O) groups excluding carboxylic acids is 1. The number of fused-ring (bicyclic) bond motifs is 1. The summed E-state index contributed by atoms with van der Waals surface area (Å²) in [6, 6.07) is 8.71. The van der Waals surface area contributed by atoms with Gasteiger partial charge in [-0.05, 0) is 24.5 Å². The largest absolute Gasteiger partial charge is 0.335 e. The van der Waals surface area contributed by atoms with Crippen molar-refractivity contribution in [3.63, 3.8) is 0 Å². The maximum absolute atomic E-state index is 12.3. The summed E-state index contributed by atoms with van der Waals surface area (Å²) in [6.45, 7) is 4.71. The molecule has 1 amide bonds. The van der Waals surface area contributed by atoms with E-state index >= 15 is 0 Å². The van der Waals surface area contributed by atoms with Crippen LogP contribution >= 0.6 is 0 Å². The maximum atomic E-state index is 12.3. The van der Waals surface area contributed by atoms with Crippen molar-refractivity contribution in [1.82, 2.24) is 10.2 Å². The number of rotatable bonds is 1. The van der Waals surface area contributed by atoms with Crippen LogP contribution in [0, 0.1) is 5.92 Å². The van der Waals surface area contributed by atoms with Crippen LogP contribution in [0.5, 0.6) is 0 Å². The smallest absolute Gasteiger partial charge is 0.228 e. The predicted octanol–water partition coefficient (Wildman–Crippen LogP) is 1.35. The molecule has 0 radical (unpaired) electrons. The standard InChI is InChI=1S/C14H18N2O/c1-10-13-5-3-2-4-11(13)6-7-16(10)14(17)12-8-15-9-12/h2-5,10,12,15H,6-9H2,1H3. The van der Waals surface area contributed by atoms with Crippen LogP contribution in [-0.2, 0) is 11.2 Å². The van der Waals surface area contributed by atoms with Crippen LogP contribution in [0.4, 0.5) is 0 Å². The first kappa shape index (κ1) is 10.8. The third-order valence-corrected chi connectivity index (χ3v) is 4.01. The Balaban J connectivity index is 1.83. The van der Waals surface area contributed by atoms with E-state index in [4.69, 9.17) is 0 Å². The first-order valence-electron chi connectivity index (χ1n) is 6.36. The zero-order valence-corrected chi connectivity index (χ0v) is 10.1. The molecule has 2 heterocycles. The Kier molecular flexibility index (Phi) is 2.63. The summed E-state index contributed by atoms with van der Waals surface area (Å²) in [5.41, 5.74) is 2.72. The third kappa shape index (κ3) is 1.75. The highest BCUT2D eigenvalue weighted by Gasteiger charge is 2.34.